The maximum atomic E-state index is 13.1. The molecule has 96 valence electrons. The van der Waals surface area contributed by atoms with E-state index in [0.717, 1.165) is 11.8 Å². The molecule has 1 atom stereocenters. The zero-order chi connectivity index (χ0) is 12.8. The van der Waals surface area contributed by atoms with E-state index in [2.05, 4.69) is 19.3 Å². The number of benzene rings is 1. The van der Waals surface area contributed by atoms with E-state index >= 15 is 0 Å². The summed E-state index contributed by atoms with van der Waals surface area (Å²) in [5, 5.41) is 0. The molecule has 5 heteroatoms. The van der Waals surface area contributed by atoms with Crippen molar-refractivity contribution in [3.63, 3.8) is 0 Å². The summed E-state index contributed by atoms with van der Waals surface area (Å²) in [4.78, 5) is 0. The van der Waals surface area contributed by atoms with Gasteiger partial charge < -0.3 is 0 Å². The fraction of sp³-hybridized carbons (Fsp3) is 0.500. The number of hydrogen-bond acceptors (Lipinski definition) is 3. The highest BCUT2D eigenvalue weighted by Gasteiger charge is 2.12. The molecule has 0 aliphatic heterocycles. The van der Waals surface area contributed by atoms with Gasteiger partial charge in [-0.15, -0.1) is 0 Å². The van der Waals surface area contributed by atoms with Crippen molar-refractivity contribution < 1.29 is 8.78 Å². The van der Waals surface area contributed by atoms with Gasteiger partial charge >= 0.3 is 0 Å². The average molecular weight is 260 g/mol. The van der Waals surface area contributed by atoms with Crippen molar-refractivity contribution in [2.45, 2.75) is 19.9 Å². The predicted octanol–water partition coefficient (Wildman–Crippen LogP) is 2.86. The van der Waals surface area contributed by atoms with Crippen molar-refractivity contribution in [1.29, 1.82) is 0 Å². The van der Waals surface area contributed by atoms with Gasteiger partial charge in [0, 0.05) is 11.8 Å². The fourth-order valence-electron chi connectivity index (χ4n) is 1.44. The lowest BCUT2D eigenvalue weighted by Crippen LogP contribution is -2.30. The first kappa shape index (κ1) is 14.4. The van der Waals surface area contributed by atoms with Crippen molar-refractivity contribution >= 4 is 11.8 Å². The molecule has 1 aromatic rings. The number of nitrogens with two attached hydrogens (primary N) is 1. The van der Waals surface area contributed by atoms with Crippen LogP contribution in [0.2, 0.25) is 0 Å². The van der Waals surface area contributed by atoms with Crippen LogP contribution < -0.4 is 11.3 Å². The van der Waals surface area contributed by atoms with E-state index in [9.17, 15) is 8.78 Å². The molecule has 0 bridgehead atoms. The second-order valence-electron chi connectivity index (χ2n) is 4.35. The van der Waals surface area contributed by atoms with Gasteiger partial charge in [-0.1, -0.05) is 13.8 Å². The van der Waals surface area contributed by atoms with Crippen LogP contribution in [0.15, 0.2) is 18.2 Å². The molecule has 1 aromatic carbocycles. The topological polar surface area (TPSA) is 38.0 Å². The quantitative estimate of drug-likeness (QED) is 0.610. The first-order chi connectivity index (χ1) is 8.02. The number of rotatable bonds is 6. The number of nitrogens with one attached hydrogen (secondary N) is 1. The summed E-state index contributed by atoms with van der Waals surface area (Å²) >= 11 is 1.71. The highest BCUT2D eigenvalue weighted by molar-refractivity contribution is 7.99. The highest BCUT2D eigenvalue weighted by atomic mass is 32.2. The number of hydrogen-bond donors (Lipinski definition) is 2. The largest absolute Gasteiger partial charge is 0.271 e. The van der Waals surface area contributed by atoms with E-state index in [1.165, 1.54) is 12.1 Å². The average Bonchev–Trinajstić information content (AvgIpc) is 2.22. The van der Waals surface area contributed by atoms with Crippen LogP contribution in [-0.2, 0) is 0 Å². The van der Waals surface area contributed by atoms with Crippen LogP contribution in [0.25, 0.3) is 0 Å². The first-order valence-corrected chi connectivity index (χ1v) is 6.68. The highest BCUT2D eigenvalue weighted by Crippen LogP contribution is 2.21. The zero-order valence-electron chi connectivity index (χ0n) is 10.0. The van der Waals surface area contributed by atoms with Gasteiger partial charge in [0.15, 0.2) is 0 Å². The minimum absolute atomic E-state index is 0.232. The Morgan fingerprint density at radius 1 is 1.18 bits per heavy atom. The van der Waals surface area contributed by atoms with E-state index < -0.39 is 11.6 Å². The normalized spacial score (nSPS) is 13.1. The molecular weight excluding hydrogens is 242 g/mol. The fourth-order valence-corrected chi connectivity index (χ4v) is 2.57. The van der Waals surface area contributed by atoms with Crippen LogP contribution in [0.1, 0.15) is 25.5 Å². The lowest BCUT2D eigenvalue weighted by molar-refractivity contribution is 0.559. The number of thioether (sulfide) groups is 1. The molecule has 0 radical (unpaired) electrons. The van der Waals surface area contributed by atoms with Crippen molar-refractivity contribution in [3.05, 3.63) is 35.4 Å². The van der Waals surface area contributed by atoms with E-state index in [0.29, 0.717) is 17.2 Å². The van der Waals surface area contributed by atoms with Crippen molar-refractivity contribution in [3.8, 4) is 0 Å². The van der Waals surface area contributed by atoms with Gasteiger partial charge in [0.2, 0.25) is 0 Å². The van der Waals surface area contributed by atoms with Gasteiger partial charge in [-0.25, -0.2) is 8.78 Å². The lowest BCUT2D eigenvalue weighted by atomic mass is 10.1. The summed E-state index contributed by atoms with van der Waals surface area (Å²) in [6.07, 6.45) is 0. The van der Waals surface area contributed by atoms with Gasteiger partial charge in [0.05, 0.1) is 6.04 Å². The molecule has 0 fully saturated rings. The molecule has 2 nitrogen and oxygen atoms in total. The van der Waals surface area contributed by atoms with E-state index in [-0.39, 0.29) is 6.04 Å². The molecule has 1 rings (SSSR count). The van der Waals surface area contributed by atoms with Crippen LogP contribution in [0.3, 0.4) is 0 Å². The first-order valence-electron chi connectivity index (χ1n) is 5.52. The molecular formula is C12H18F2N2S. The second-order valence-corrected chi connectivity index (χ2v) is 5.43. The third-order valence-corrected chi connectivity index (χ3v) is 3.70. The standard InChI is InChI=1S/C12H18F2N2S/c1-8(2)6-17-7-12(16-15)9-3-10(13)5-11(14)4-9/h3-5,8,12,16H,6-7,15H2,1-2H3. The van der Waals surface area contributed by atoms with Crippen LogP contribution in [0.5, 0.6) is 0 Å². The Hall–Kier alpha value is -0.650. The smallest absolute Gasteiger partial charge is 0.126 e. The minimum atomic E-state index is -0.575. The maximum absolute atomic E-state index is 13.1. The van der Waals surface area contributed by atoms with Gasteiger partial charge in [-0.2, -0.15) is 11.8 Å². The van der Waals surface area contributed by atoms with E-state index in [4.69, 9.17) is 5.84 Å². The summed E-state index contributed by atoms with van der Waals surface area (Å²) < 4.78 is 26.1. The predicted molar refractivity (Wildman–Crippen MR) is 68.6 cm³/mol. The van der Waals surface area contributed by atoms with E-state index in [1.54, 1.807) is 11.8 Å². The van der Waals surface area contributed by atoms with Crippen LogP contribution in [0.4, 0.5) is 8.78 Å². The third-order valence-electron chi connectivity index (χ3n) is 2.22. The molecule has 17 heavy (non-hydrogen) atoms. The lowest BCUT2D eigenvalue weighted by Gasteiger charge is -2.16. The molecule has 0 saturated heterocycles. The maximum Gasteiger partial charge on any atom is 0.126 e. The monoisotopic (exact) mass is 260 g/mol. The molecule has 0 saturated carbocycles. The molecule has 1 unspecified atom stereocenters. The summed E-state index contributed by atoms with van der Waals surface area (Å²) in [6, 6.07) is 3.25. The third kappa shape index (κ3) is 5.02. The van der Waals surface area contributed by atoms with Crippen molar-refractivity contribution in [2.24, 2.45) is 11.8 Å². The van der Waals surface area contributed by atoms with Crippen molar-refractivity contribution in [1.82, 2.24) is 5.43 Å². The van der Waals surface area contributed by atoms with Crippen LogP contribution in [0, 0.1) is 17.6 Å². The van der Waals surface area contributed by atoms with Crippen molar-refractivity contribution in [2.75, 3.05) is 11.5 Å². The van der Waals surface area contributed by atoms with Crippen LogP contribution in [-0.4, -0.2) is 11.5 Å². The van der Waals surface area contributed by atoms with Crippen LogP contribution >= 0.6 is 11.8 Å². The zero-order valence-corrected chi connectivity index (χ0v) is 10.9. The summed E-state index contributed by atoms with van der Waals surface area (Å²) in [7, 11) is 0. The number of halogens is 2. The molecule has 0 heterocycles. The number of hydrazine groups is 1. The molecule has 0 aliphatic carbocycles. The Labute approximate surface area is 105 Å². The van der Waals surface area contributed by atoms with Gasteiger partial charge in [0.25, 0.3) is 0 Å². The van der Waals surface area contributed by atoms with E-state index in [1.807, 2.05) is 0 Å². The minimum Gasteiger partial charge on any atom is -0.271 e. The molecule has 0 amide bonds. The van der Waals surface area contributed by atoms with Gasteiger partial charge in [-0.05, 0) is 29.4 Å². The SMILES string of the molecule is CC(C)CSCC(NN)c1cc(F)cc(F)c1. The Morgan fingerprint density at radius 3 is 2.24 bits per heavy atom. The van der Waals surface area contributed by atoms with Gasteiger partial charge in [-0.3, -0.25) is 11.3 Å². The summed E-state index contributed by atoms with van der Waals surface area (Å²) in [5.41, 5.74) is 3.14. The molecule has 0 aromatic heterocycles. The second kappa shape index (κ2) is 6.93. The summed E-state index contributed by atoms with van der Waals surface area (Å²) in [6.45, 7) is 4.25. The molecule has 3 N–H and O–H groups in total. The summed E-state index contributed by atoms with van der Waals surface area (Å²) in [5.74, 6) is 6.54. The molecule has 0 spiro atoms. The Kier molecular flexibility index (Phi) is 5.88. The Balaban J connectivity index is 2.65. The van der Waals surface area contributed by atoms with Gasteiger partial charge in [0.1, 0.15) is 11.6 Å². The Bertz CT molecular complexity index is 338. The molecule has 0 aliphatic rings. The Morgan fingerprint density at radius 2 is 1.76 bits per heavy atom.